The summed E-state index contributed by atoms with van der Waals surface area (Å²) >= 11 is 0. The summed E-state index contributed by atoms with van der Waals surface area (Å²) in [5, 5.41) is 2.30. The summed E-state index contributed by atoms with van der Waals surface area (Å²) in [5.74, 6) is 0. The van der Waals surface area contributed by atoms with Crippen LogP contribution in [-0.4, -0.2) is 4.98 Å². The van der Waals surface area contributed by atoms with Crippen molar-refractivity contribution < 1.29 is 0 Å². The van der Waals surface area contributed by atoms with Crippen LogP contribution in [0.4, 0.5) is 0 Å². The van der Waals surface area contributed by atoms with Crippen molar-refractivity contribution in [1.82, 2.24) is 4.98 Å². The normalized spacial score (nSPS) is 12.6. The van der Waals surface area contributed by atoms with Crippen LogP contribution in [0.25, 0.3) is 10.8 Å². The van der Waals surface area contributed by atoms with Crippen molar-refractivity contribution in [2.45, 2.75) is 19.9 Å². The quantitative estimate of drug-likeness (QED) is 0.760. The molecule has 3 rings (SSSR count). The van der Waals surface area contributed by atoms with E-state index in [9.17, 15) is 0 Å². The molecular weight excluding hydrogens is 244 g/mol. The van der Waals surface area contributed by atoms with E-state index in [0.717, 1.165) is 16.6 Å². The lowest BCUT2D eigenvalue weighted by Crippen LogP contribution is -2.14. The Hall–Kier alpha value is -2.19. The maximum absolute atomic E-state index is 6.44. The Balaban J connectivity index is 2.12. The van der Waals surface area contributed by atoms with Crippen LogP contribution in [0.3, 0.4) is 0 Å². The van der Waals surface area contributed by atoms with Gasteiger partial charge in [-0.1, -0.05) is 42.5 Å². The molecule has 0 aliphatic heterocycles. The number of pyridine rings is 1. The Morgan fingerprint density at radius 3 is 2.55 bits per heavy atom. The third-order valence-electron chi connectivity index (χ3n) is 3.89. The fourth-order valence-electron chi connectivity index (χ4n) is 2.51. The summed E-state index contributed by atoms with van der Waals surface area (Å²) < 4.78 is 0. The minimum Gasteiger partial charge on any atom is -0.319 e. The largest absolute Gasteiger partial charge is 0.319 e. The van der Waals surface area contributed by atoms with Gasteiger partial charge in [0.15, 0.2) is 0 Å². The number of rotatable bonds is 2. The van der Waals surface area contributed by atoms with E-state index in [4.69, 9.17) is 5.73 Å². The molecular formula is C18H18N2. The number of nitrogens with two attached hydrogens (primary N) is 1. The summed E-state index contributed by atoms with van der Waals surface area (Å²) in [4.78, 5) is 4.51. The van der Waals surface area contributed by atoms with Gasteiger partial charge in [0.05, 0.1) is 11.7 Å². The molecule has 0 saturated carbocycles. The molecule has 2 N–H and O–H groups in total. The monoisotopic (exact) mass is 262 g/mol. The number of nitrogens with zero attached hydrogens (tertiary/aromatic N) is 1. The third-order valence-corrected chi connectivity index (χ3v) is 3.89. The van der Waals surface area contributed by atoms with Gasteiger partial charge in [-0.15, -0.1) is 0 Å². The van der Waals surface area contributed by atoms with Gasteiger partial charge < -0.3 is 5.73 Å². The first-order chi connectivity index (χ1) is 9.66. The molecule has 100 valence electrons. The van der Waals surface area contributed by atoms with Crippen LogP contribution in [0.15, 0.2) is 54.7 Å². The van der Waals surface area contributed by atoms with Gasteiger partial charge in [-0.2, -0.15) is 0 Å². The Bertz CT molecular complexity index is 757. The van der Waals surface area contributed by atoms with E-state index in [0.29, 0.717) is 0 Å². The minimum absolute atomic E-state index is 0.194. The number of aromatic nitrogens is 1. The zero-order valence-corrected chi connectivity index (χ0v) is 11.8. The van der Waals surface area contributed by atoms with E-state index in [-0.39, 0.29) is 6.04 Å². The molecule has 0 bridgehead atoms. The summed E-state index contributed by atoms with van der Waals surface area (Å²) in [5.41, 5.74) is 11.0. The second-order valence-corrected chi connectivity index (χ2v) is 5.24. The maximum Gasteiger partial charge on any atom is 0.0732 e. The summed E-state index contributed by atoms with van der Waals surface area (Å²) in [6.45, 7) is 4.23. The Kier molecular flexibility index (Phi) is 3.25. The molecule has 1 unspecified atom stereocenters. The second kappa shape index (κ2) is 5.06. The third kappa shape index (κ3) is 2.19. The topological polar surface area (TPSA) is 38.9 Å². The van der Waals surface area contributed by atoms with Crippen LogP contribution < -0.4 is 5.73 Å². The molecule has 0 aliphatic rings. The summed E-state index contributed by atoms with van der Waals surface area (Å²) in [6, 6.07) is 16.4. The molecule has 2 nitrogen and oxygen atoms in total. The van der Waals surface area contributed by atoms with Crippen LogP contribution in [0.2, 0.25) is 0 Å². The van der Waals surface area contributed by atoms with Crippen molar-refractivity contribution >= 4 is 10.8 Å². The van der Waals surface area contributed by atoms with E-state index >= 15 is 0 Å². The molecule has 0 amide bonds. The van der Waals surface area contributed by atoms with Crippen LogP contribution in [0.5, 0.6) is 0 Å². The standard InChI is InChI=1S/C18H18N2/c1-12-7-8-15(11-13(12)2)17(19)18-16-6-4-3-5-14(16)9-10-20-18/h3-11,17H,19H2,1-2H3. The van der Waals surface area contributed by atoms with Crippen LogP contribution in [0, 0.1) is 13.8 Å². The Labute approximate surface area is 119 Å². The number of benzene rings is 2. The zero-order valence-electron chi connectivity index (χ0n) is 11.8. The molecule has 1 heterocycles. The lowest BCUT2D eigenvalue weighted by molar-refractivity contribution is 0.838. The second-order valence-electron chi connectivity index (χ2n) is 5.24. The van der Waals surface area contributed by atoms with Crippen molar-refractivity contribution in [1.29, 1.82) is 0 Å². The van der Waals surface area contributed by atoms with Gasteiger partial charge in [-0.25, -0.2) is 0 Å². The van der Waals surface area contributed by atoms with Gasteiger partial charge >= 0.3 is 0 Å². The first-order valence-corrected chi connectivity index (χ1v) is 6.83. The van der Waals surface area contributed by atoms with Gasteiger partial charge in [0.25, 0.3) is 0 Å². The summed E-state index contributed by atoms with van der Waals surface area (Å²) in [6.07, 6.45) is 1.83. The van der Waals surface area contributed by atoms with Crippen molar-refractivity contribution in [2.75, 3.05) is 0 Å². The first-order valence-electron chi connectivity index (χ1n) is 6.83. The molecule has 0 radical (unpaired) electrons. The van der Waals surface area contributed by atoms with Gasteiger partial charge in [0, 0.05) is 11.6 Å². The smallest absolute Gasteiger partial charge is 0.0732 e. The molecule has 2 heteroatoms. The molecule has 0 spiro atoms. The Morgan fingerprint density at radius 2 is 1.75 bits per heavy atom. The van der Waals surface area contributed by atoms with E-state index < -0.39 is 0 Å². The lowest BCUT2D eigenvalue weighted by Gasteiger charge is -2.15. The molecule has 0 saturated heterocycles. The molecule has 0 aliphatic carbocycles. The number of hydrogen-bond donors (Lipinski definition) is 1. The highest BCUT2D eigenvalue weighted by molar-refractivity contribution is 5.85. The SMILES string of the molecule is Cc1ccc(C(N)c2nccc3ccccc23)cc1C. The highest BCUT2D eigenvalue weighted by Crippen LogP contribution is 2.26. The Morgan fingerprint density at radius 1 is 0.950 bits per heavy atom. The van der Waals surface area contributed by atoms with Gasteiger partial charge in [-0.3, -0.25) is 4.98 Å². The number of aryl methyl sites for hydroxylation is 2. The van der Waals surface area contributed by atoms with Crippen molar-refractivity contribution in [2.24, 2.45) is 5.73 Å². The van der Waals surface area contributed by atoms with Crippen LogP contribution in [-0.2, 0) is 0 Å². The highest BCUT2D eigenvalue weighted by Gasteiger charge is 2.14. The van der Waals surface area contributed by atoms with E-state index in [2.05, 4.69) is 49.2 Å². The predicted molar refractivity (Wildman–Crippen MR) is 83.7 cm³/mol. The molecule has 1 atom stereocenters. The zero-order chi connectivity index (χ0) is 14.1. The number of hydrogen-bond acceptors (Lipinski definition) is 2. The van der Waals surface area contributed by atoms with Gasteiger partial charge in [0.2, 0.25) is 0 Å². The molecule has 2 aromatic carbocycles. The minimum atomic E-state index is -0.194. The molecule has 1 aromatic heterocycles. The van der Waals surface area contributed by atoms with Gasteiger partial charge in [-0.05, 0) is 42.0 Å². The van der Waals surface area contributed by atoms with E-state index in [1.807, 2.05) is 24.4 Å². The van der Waals surface area contributed by atoms with Gasteiger partial charge in [0.1, 0.15) is 0 Å². The fraction of sp³-hybridized carbons (Fsp3) is 0.167. The van der Waals surface area contributed by atoms with Crippen LogP contribution in [0.1, 0.15) is 28.4 Å². The van der Waals surface area contributed by atoms with Crippen LogP contribution >= 0.6 is 0 Å². The molecule has 0 fully saturated rings. The average molecular weight is 262 g/mol. The lowest BCUT2D eigenvalue weighted by atomic mass is 9.96. The molecule has 3 aromatic rings. The average Bonchev–Trinajstić information content (AvgIpc) is 2.49. The van der Waals surface area contributed by atoms with E-state index in [1.54, 1.807) is 0 Å². The van der Waals surface area contributed by atoms with Crippen molar-refractivity contribution in [3.63, 3.8) is 0 Å². The van der Waals surface area contributed by atoms with E-state index in [1.165, 1.54) is 16.5 Å². The number of fused-ring (bicyclic) bond motifs is 1. The highest BCUT2D eigenvalue weighted by atomic mass is 14.8. The van der Waals surface area contributed by atoms with Crippen molar-refractivity contribution in [3.8, 4) is 0 Å². The predicted octanol–water partition coefficient (Wildman–Crippen LogP) is 3.90. The first kappa shape index (κ1) is 12.8. The molecule has 20 heavy (non-hydrogen) atoms. The maximum atomic E-state index is 6.44. The summed E-state index contributed by atoms with van der Waals surface area (Å²) in [7, 11) is 0. The van der Waals surface area contributed by atoms with Crippen molar-refractivity contribution in [3.05, 3.63) is 77.1 Å². The fourth-order valence-corrected chi connectivity index (χ4v) is 2.51.